The van der Waals surface area contributed by atoms with E-state index in [1.165, 1.54) is 11.1 Å². The summed E-state index contributed by atoms with van der Waals surface area (Å²) in [6.45, 7) is 4.26. The molecule has 0 aliphatic heterocycles. The summed E-state index contributed by atoms with van der Waals surface area (Å²) in [7, 11) is 0. The second-order valence-corrected chi connectivity index (χ2v) is 4.45. The highest BCUT2D eigenvalue weighted by molar-refractivity contribution is 5.40. The van der Waals surface area contributed by atoms with Gasteiger partial charge in [-0.1, -0.05) is 13.0 Å². The predicted octanol–water partition coefficient (Wildman–Crippen LogP) is 2.46. The van der Waals surface area contributed by atoms with E-state index in [0.29, 0.717) is 0 Å². The van der Waals surface area contributed by atoms with Crippen LogP contribution in [0.5, 0.6) is 0 Å². The Balaban J connectivity index is 2.23. The summed E-state index contributed by atoms with van der Waals surface area (Å²) in [6, 6.07) is 6.72. The van der Waals surface area contributed by atoms with Crippen LogP contribution in [0, 0.1) is 6.92 Å². The highest BCUT2D eigenvalue weighted by atomic mass is 15.0. The zero-order chi connectivity index (χ0) is 12.3. The highest BCUT2D eigenvalue weighted by Gasteiger charge is 2.05. The Morgan fingerprint density at radius 3 is 2.82 bits per heavy atom. The van der Waals surface area contributed by atoms with E-state index < -0.39 is 0 Å². The molecule has 0 aliphatic rings. The molecule has 3 heteroatoms. The topological polar surface area (TPSA) is 43.8 Å². The number of hydrogen-bond donors (Lipinski definition) is 1. The molecule has 90 valence electrons. The molecule has 1 aromatic carbocycles. The van der Waals surface area contributed by atoms with E-state index in [1.54, 1.807) is 6.20 Å². The first kappa shape index (κ1) is 11.9. The number of nitrogens with zero attached hydrogens (tertiary/aromatic N) is 2. The van der Waals surface area contributed by atoms with Crippen LogP contribution in [0.15, 0.2) is 36.9 Å². The number of benzene rings is 1. The molecule has 2 N–H and O–H groups in total. The van der Waals surface area contributed by atoms with E-state index in [4.69, 9.17) is 5.73 Å². The number of rotatable bonds is 4. The van der Waals surface area contributed by atoms with E-state index in [0.717, 1.165) is 18.5 Å². The SMILES string of the molecule is CCC(N)Cc1ccc(-n2ccnc2)cc1C. The lowest BCUT2D eigenvalue weighted by atomic mass is 10.00. The van der Waals surface area contributed by atoms with Gasteiger partial charge in [0.15, 0.2) is 0 Å². The maximum atomic E-state index is 5.99. The molecule has 0 aliphatic carbocycles. The van der Waals surface area contributed by atoms with Crippen molar-refractivity contribution in [3.05, 3.63) is 48.0 Å². The zero-order valence-electron chi connectivity index (χ0n) is 10.4. The third-order valence-corrected chi connectivity index (χ3v) is 3.14. The largest absolute Gasteiger partial charge is 0.327 e. The summed E-state index contributed by atoms with van der Waals surface area (Å²) in [5.41, 5.74) is 9.77. The summed E-state index contributed by atoms with van der Waals surface area (Å²) in [6.07, 6.45) is 7.52. The van der Waals surface area contributed by atoms with Crippen molar-refractivity contribution in [2.24, 2.45) is 5.73 Å². The molecular formula is C14H19N3. The lowest BCUT2D eigenvalue weighted by molar-refractivity contribution is 0.644. The molecule has 3 nitrogen and oxygen atoms in total. The van der Waals surface area contributed by atoms with Crippen molar-refractivity contribution < 1.29 is 0 Å². The van der Waals surface area contributed by atoms with Crippen molar-refractivity contribution in [2.45, 2.75) is 32.7 Å². The van der Waals surface area contributed by atoms with Gasteiger partial charge in [-0.25, -0.2) is 4.98 Å². The molecule has 0 amide bonds. The molecule has 0 fully saturated rings. The lowest BCUT2D eigenvalue weighted by Gasteiger charge is -2.12. The van der Waals surface area contributed by atoms with Gasteiger partial charge >= 0.3 is 0 Å². The molecule has 0 saturated carbocycles. The molecule has 1 unspecified atom stereocenters. The molecule has 2 aromatic rings. The summed E-state index contributed by atoms with van der Waals surface area (Å²) in [4.78, 5) is 4.06. The van der Waals surface area contributed by atoms with Crippen LogP contribution in [0.25, 0.3) is 5.69 Å². The summed E-state index contributed by atoms with van der Waals surface area (Å²) in [5, 5.41) is 0. The van der Waals surface area contributed by atoms with E-state index in [9.17, 15) is 0 Å². The van der Waals surface area contributed by atoms with Crippen molar-refractivity contribution in [1.82, 2.24) is 9.55 Å². The standard InChI is InChI=1S/C14H19N3/c1-3-13(15)9-12-4-5-14(8-11(12)2)17-7-6-16-10-17/h4-8,10,13H,3,9,15H2,1-2H3. The Morgan fingerprint density at radius 2 is 2.24 bits per heavy atom. The predicted molar refractivity (Wildman–Crippen MR) is 70.3 cm³/mol. The van der Waals surface area contributed by atoms with Gasteiger partial charge in [0.25, 0.3) is 0 Å². The molecule has 0 spiro atoms. The van der Waals surface area contributed by atoms with Gasteiger partial charge < -0.3 is 10.3 Å². The smallest absolute Gasteiger partial charge is 0.0991 e. The van der Waals surface area contributed by atoms with Crippen molar-refractivity contribution in [3.8, 4) is 5.69 Å². The summed E-state index contributed by atoms with van der Waals surface area (Å²) in [5.74, 6) is 0. The van der Waals surface area contributed by atoms with Crippen molar-refractivity contribution >= 4 is 0 Å². The molecule has 1 atom stereocenters. The number of imidazole rings is 1. The fourth-order valence-electron chi connectivity index (χ4n) is 1.91. The first-order valence-electron chi connectivity index (χ1n) is 6.04. The molecule has 1 heterocycles. The molecular weight excluding hydrogens is 210 g/mol. The second-order valence-electron chi connectivity index (χ2n) is 4.45. The quantitative estimate of drug-likeness (QED) is 0.875. The zero-order valence-corrected chi connectivity index (χ0v) is 10.4. The van der Waals surface area contributed by atoms with E-state index in [1.807, 2.05) is 17.1 Å². The Bertz CT molecular complexity index is 474. The average molecular weight is 229 g/mol. The third kappa shape index (κ3) is 2.74. The third-order valence-electron chi connectivity index (χ3n) is 3.14. The minimum Gasteiger partial charge on any atom is -0.327 e. The Labute approximate surface area is 102 Å². The maximum absolute atomic E-state index is 5.99. The number of hydrogen-bond acceptors (Lipinski definition) is 2. The van der Waals surface area contributed by atoms with Crippen LogP contribution in [-0.4, -0.2) is 15.6 Å². The van der Waals surface area contributed by atoms with Gasteiger partial charge in [-0.15, -0.1) is 0 Å². The summed E-state index contributed by atoms with van der Waals surface area (Å²) < 4.78 is 2.01. The van der Waals surface area contributed by atoms with Gasteiger partial charge in [0.1, 0.15) is 0 Å². The van der Waals surface area contributed by atoms with Crippen LogP contribution in [-0.2, 0) is 6.42 Å². The Morgan fingerprint density at radius 1 is 1.41 bits per heavy atom. The van der Waals surface area contributed by atoms with Crippen molar-refractivity contribution in [1.29, 1.82) is 0 Å². The monoisotopic (exact) mass is 229 g/mol. The first-order chi connectivity index (χ1) is 8.20. The van der Waals surface area contributed by atoms with E-state index >= 15 is 0 Å². The Hall–Kier alpha value is -1.61. The van der Waals surface area contributed by atoms with Crippen molar-refractivity contribution in [3.63, 3.8) is 0 Å². The van der Waals surface area contributed by atoms with E-state index in [-0.39, 0.29) is 6.04 Å². The van der Waals surface area contributed by atoms with Gasteiger partial charge in [0, 0.05) is 24.1 Å². The molecule has 0 saturated heterocycles. The molecule has 0 bridgehead atoms. The van der Waals surface area contributed by atoms with Crippen LogP contribution < -0.4 is 5.73 Å². The maximum Gasteiger partial charge on any atom is 0.0991 e. The van der Waals surface area contributed by atoms with Crippen LogP contribution in [0.2, 0.25) is 0 Å². The fourth-order valence-corrected chi connectivity index (χ4v) is 1.91. The van der Waals surface area contributed by atoms with Gasteiger partial charge in [-0.2, -0.15) is 0 Å². The number of aromatic nitrogens is 2. The fraction of sp³-hybridized carbons (Fsp3) is 0.357. The lowest BCUT2D eigenvalue weighted by Crippen LogP contribution is -2.21. The molecule has 1 aromatic heterocycles. The van der Waals surface area contributed by atoms with Crippen LogP contribution >= 0.6 is 0 Å². The number of aryl methyl sites for hydroxylation is 1. The highest BCUT2D eigenvalue weighted by Crippen LogP contribution is 2.16. The van der Waals surface area contributed by atoms with Gasteiger partial charge in [0.2, 0.25) is 0 Å². The second kappa shape index (κ2) is 5.15. The first-order valence-corrected chi connectivity index (χ1v) is 6.04. The molecule has 17 heavy (non-hydrogen) atoms. The number of nitrogens with two attached hydrogens (primary N) is 1. The van der Waals surface area contributed by atoms with Gasteiger partial charge in [0.05, 0.1) is 6.33 Å². The van der Waals surface area contributed by atoms with Gasteiger partial charge in [-0.05, 0) is 43.0 Å². The average Bonchev–Trinajstić information content (AvgIpc) is 2.85. The Kier molecular flexibility index (Phi) is 3.59. The van der Waals surface area contributed by atoms with E-state index in [2.05, 4.69) is 37.0 Å². The van der Waals surface area contributed by atoms with Gasteiger partial charge in [-0.3, -0.25) is 0 Å². The van der Waals surface area contributed by atoms with Crippen molar-refractivity contribution in [2.75, 3.05) is 0 Å². The van der Waals surface area contributed by atoms with Crippen LogP contribution in [0.3, 0.4) is 0 Å². The van der Waals surface area contributed by atoms with Crippen LogP contribution in [0.4, 0.5) is 0 Å². The van der Waals surface area contributed by atoms with Crippen LogP contribution in [0.1, 0.15) is 24.5 Å². The molecule has 0 radical (unpaired) electrons. The normalized spacial score (nSPS) is 12.6. The minimum absolute atomic E-state index is 0.257. The summed E-state index contributed by atoms with van der Waals surface area (Å²) >= 11 is 0. The minimum atomic E-state index is 0.257. The molecule has 2 rings (SSSR count).